The summed E-state index contributed by atoms with van der Waals surface area (Å²) in [6.07, 6.45) is 4.61. The molecule has 1 heterocycles. The van der Waals surface area contributed by atoms with E-state index in [1.165, 1.54) is 0 Å². The van der Waals surface area contributed by atoms with Gasteiger partial charge in [-0.3, -0.25) is 14.6 Å². The molecule has 1 aromatic heterocycles. The zero-order valence-corrected chi connectivity index (χ0v) is 18.7. The third-order valence-electron chi connectivity index (χ3n) is 6.47. The fourth-order valence-corrected chi connectivity index (χ4v) is 4.41. The van der Waals surface area contributed by atoms with Crippen LogP contribution >= 0.6 is 0 Å². The van der Waals surface area contributed by atoms with Crippen LogP contribution in [0.1, 0.15) is 68.1 Å². The quantitative estimate of drug-likeness (QED) is 0.746. The van der Waals surface area contributed by atoms with Crippen molar-refractivity contribution in [1.29, 1.82) is 0 Å². The number of amides is 2. The van der Waals surface area contributed by atoms with E-state index in [1.807, 2.05) is 32.0 Å². The number of hydrogen-bond acceptors (Lipinski definition) is 3. The average Bonchev–Trinajstić information content (AvgIpc) is 2.71. The Hall–Kier alpha value is -2.69. The highest BCUT2D eigenvalue weighted by Crippen LogP contribution is 2.42. The highest BCUT2D eigenvalue weighted by atomic mass is 16.2. The Balaban J connectivity index is 1.88. The van der Waals surface area contributed by atoms with Crippen LogP contribution in [-0.2, 0) is 4.79 Å². The molecule has 2 amide bonds. The molecular formula is C25H33N3O2. The standard InChI is InChI=1S/C25H33N3O2/c1-17-9-8-10-18(2)21(17)27-23(30)25(14-12-19(13-15-25)24(3,4)5)28-22(29)20-11-6-7-16-26-20/h6-11,16,19H,12-15H2,1-5H3,(H,27,30)(H,28,29). The summed E-state index contributed by atoms with van der Waals surface area (Å²) in [6, 6.07) is 11.2. The van der Waals surface area contributed by atoms with Crippen molar-refractivity contribution in [3.8, 4) is 0 Å². The molecule has 5 heteroatoms. The number of aryl methyl sites for hydroxylation is 2. The second-order valence-corrected chi connectivity index (χ2v) is 9.61. The second kappa shape index (κ2) is 8.58. The van der Waals surface area contributed by atoms with Crippen LogP contribution in [0.2, 0.25) is 0 Å². The molecule has 1 saturated carbocycles. The van der Waals surface area contributed by atoms with E-state index >= 15 is 0 Å². The van der Waals surface area contributed by atoms with E-state index in [0.717, 1.165) is 29.7 Å². The lowest BCUT2D eigenvalue weighted by Crippen LogP contribution is -2.59. The summed E-state index contributed by atoms with van der Waals surface area (Å²) in [5.41, 5.74) is 2.42. The molecule has 0 atom stereocenters. The maximum atomic E-state index is 13.6. The van der Waals surface area contributed by atoms with Gasteiger partial charge in [-0.2, -0.15) is 0 Å². The molecule has 3 rings (SSSR count). The van der Waals surface area contributed by atoms with E-state index in [9.17, 15) is 9.59 Å². The summed E-state index contributed by atoms with van der Waals surface area (Å²) in [6.45, 7) is 10.7. The topological polar surface area (TPSA) is 71.1 Å². The average molecular weight is 408 g/mol. The normalized spacial score (nSPS) is 21.7. The first-order valence-corrected chi connectivity index (χ1v) is 10.7. The number of nitrogens with one attached hydrogen (secondary N) is 2. The molecule has 1 aromatic carbocycles. The molecule has 2 N–H and O–H groups in total. The predicted octanol–water partition coefficient (Wildman–Crippen LogP) is 5.04. The van der Waals surface area contributed by atoms with Gasteiger partial charge < -0.3 is 10.6 Å². The number of anilines is 1. The number of carbonyl (C=O) groups is 2. The Bertz CT molecular complexity index is 887. The van der Waals surface area contributed by atoms with Crippen LogP contribution in [0.15, 0.2) is 42.6 Å². The van der Waals surface area contributed by atoms with E-state index in [4.69, 9.17) is 0 Å². The number of benzene rings is 1. The van der Waals surface area contributed by atoms with Crippen molar-refractivity contribution >= 4 is 17.5 Å². The van der Waals surface area contributed by atoms with Crippen molar-refractivity contribution in [2.45, 2.75) is 65.8 Å². The van der Waals surface area contributed by atoms with E-state index < -0.39 is 5.54 Å². The summed E-state index contributed by atoms with van der Waals surface area (Å²) in [5.74, 6) is 0.0726. The molecule has 0 saturated heterocycles. The van der Waals surface area contributed by atoms with Gasteiger partial charge in [0.2, 0.25) is 5.91 Å². The molecule has 1 fully saturated rings. The molecule has 1 aliphatic carbocycles. The first-order valence-electron chi connectivity index (χ1n) is 10.7. The van der Waals surface area contributed by atoms with Gasteiger partial charge in [0, 0.05) is 11.9 Å². The number of pyridine rings is 1. The Morgan fingerprint density at radius 3 is 2.17 bits per heavy atom. The van der Waals surface area contributed by atoms with E-state index in [2.05, 4.69) is 36.4 Å². The van der Waals surface area contributed by atoms with Crippen molar-refractivity contribution in [3.05, 3.63) is 59.4 Å². The monoisotopic (exact) mass is 407 g/mol. The predicted molar refractivity (Wildman–Crippen MR) is 120 cm³/mol. The highest BCUT2D eigenvalue weighted by Gasteiger charge is 2.45. The van der Waals surface area contributed by atoms with E-state index in [1.54, 1.807) is 24.4 Å². The van der Waals surface area contributed by atoms with Crippen LogP contribution in [0, 0.1) is 25.2 Å². The van der Waals surface area contributed by atoms with Crippen LogP contribution in [-0.4, -0.2) is 22.3 Å². The summed E-state index contributed by atoms with van der Waals surface area (Å²) in [7, 11) is 0. The van der Waals surface area contributed by atoms with Crippen molar-refractivity contribution in [3.63, 3.8) is 0 Å². The molecule has 1 aliphatic rings. The van der Waals surface area contributed by atoms with Crippen molar-refractivity contribution < 1.29 is 9.59 Å². The third kappa shape index (κ3) is 4.72. The SMILES string of the molecule is Cc1cccc(C)c1NC(=O)C1(NC(=O)c2ccccn2)CCC(C(C)(C)C)CC1. The molecule has 0 radical (unpaired) electrons. The summed E-state index contributed by atoms with van der Waals surface area (Å²) in [4.78, 5) is 30.7. The smallest absolute Gasteiger partial charge is 0.270 e. The highest BCUT2D eigenvalue weighted by molar-refractivity contribution is 6.03. The molecule has 160 valence electrons. The van der Waals surface area contributed by atoms with Crippen molar-refractivity contribution in [1.82, 2.24) is 10.3 Å². The molecule has 5 nitrogen and oxygen atoms in total. The minimum atomic E-state index is -0.939. The fraction of sp³-hybridized carbons (Fsp3) is 0.480. The molecule has 0 spiro atoms. The number of rotatable bonds is 4. The minimum Gasteiger partial charge on any atom is -0.336 e. The maximum Gasteiger partial charge on any atom is 0.270 e. The van der Waals surface area contributed by atoms with Gasteiger partial charge in [0.15, 0.2) is 0 Å². The van der Waals surface area contributed by atoms with Gasteiger partial charge in [-0.25, -0.2) is 0 Å². The lowest BCUT2D eigenvalue weighted by Gasteiger charge is -2.43. The van der Waals surface area contributed by atoms with Crippen LogP contribution in [0.5, 0.6) is 0 Å². The molecular weight excluding hydrogens is 374 g/mol. The second-order valence-electron chi connectivity index (χ2n) is 9.61. The van der Waals surface area contributed by atoms with Gasteiger partial charge in [0.25, 0.3) is 5.91 Å². The van der Waals surface area contributed by atoms with Crippen molar-refractivity contribution in [2.24, 2.45) is 11.3 Å². The fourth-order valence-electron chi connectivity index (χ4n) is 4.41. The molecule has 2 aromatic rings. The van der Waals surface area contributed by atoms with Gasteiger partial charge in [0.1, 0.15) is 11.2 Å². The van der Waals surface area contributed by atoms with Gasteiger partial charge in [-0.15, -0.1) is 0 Å². The summed E-state index contributed by atoms with van der Waals surface area (Å²) < 4.78 is 0. The van der Waals surface area contributed by atoms with Crippen LogP contribution in [0.4, 0.5) is 5.69 Å². The van der Waals surface area contributed by atoms with E-state index in [0.29, 0.717) is 24.5 Å². The first-order chi connectivity index (χ1) is 14.1. The minimum absolute atomic E-state index is 0.142. The van der Waals surface area contributed by atoms with Gasteiger partial charge in [0.05, 0.1) is 0 Å². The van der Waals surface area contributed by atoms with Crippen molar-refractivity contribution in [2.75, 3.05) is 5.32 Å². The zero-order valence-electron chi connectivity index (χ0n) is 18.7. The Labute approximate surface area is 179 Å². The number of para-hydroxylation sites is 1. The Morgan fingerprint density at radius 2 is 1.63 bits per heavy atom. The zero-order chi connectivity index (χ0) is 21.9. The van der Waals surface area contributed by atoms with Gasteiger partial charge >= 0.3 is 0 Å². The molecule has 0 unspecified atom stereocenters. The van der Waals surface area contributed by atoms with Gasteiger partial charge in [-0.1, -0.05) is 45.0 Å². The summed E-state index contributed by atoms with van der Waals surface area (Å²) >= 11 is 0. The first kappa shape index (κ1) is 22.0. The Morgan fingerprint density at radius 1 is 1.00 bits per heavy atom. The number of nitrogens with zero attached hydrogens (tertiary/aromatic N) is 1. The lowest BCUT2D eigenvalue weighted by atomic mass is 9.67. The third-order valence-corrected chi connectivity index (χ3v) is 6.47. The molecule has 0 bridgehead atoms. The largest absolute Gasteiger partial charge is 0.336 e. The number of hydrogen-bond donors (Lipinski definition) is 2. The Kier molecular flexibility index (Phi) is 6.30. The van der Waals surface area contributed by atoms with Crippen LogP contribution in [0.25, 0.3) is 0 Å². The van der Waals surface area contributed by atoms with Crippen LogP contribution in [0.3, 0.4) is 0 Å². The maximum absolute atomic E-state index is 13.6. The van der Waals surface area contributed by atoms with Crippen LogP contribution < -0.4 is 10.6 Å². The summed E-state index contributed by atoms with van der Waals surface area (Å²) in [5, 5.41) is 6.19. The van der Waals surface area contributed by atoms with Gasteiger partial charge in [-0.05, 0) is 74.1 Å². The number of aromatic nitrogens is 1. The number of carbonyl (C=O) groups excluding carboxylic acids is 2. The lowest BCUT2D eigenvalue weighted by molar-refractivity contribution is -0.124. The van der Waals surface area contributed by atoms with E-state index in [-0.39, 0.29) is 17.2 Å². The molecule has 30 heavy (non-hydrogen) atoms. The molecule has 0 aliphatic heterocycles.